The second kappa shape index (κ2) is 6.42. The lowest BCUT2D eigenvalue weighted by atomic mass is 10.0. The molecule has 2 amide bonds. The van der Waals surface area contributed by atoms with Gasteiger partial charge < -0.3 is 10.6 Å². The molecule has 24 heavy (non-hydrogen) atoms. The van der Waals surface area contributed by atoms with Gasteiger partial charge in [-0.25, -0.2) is 4.39 Å². The minimum atomic E-state index is -1.16. The molecule has 1 aliphatic rings. The highest BCUT2D eigenvalue weighted by Gasteiger charge is 2.56. The van der Waals surface area contributed by atoms with Crippen LogP contribution in [0.25, 0.3) is 0 Å². The van der Waals surface area contributed by atoms with Gasteiger partial charge in [0.25, 0.3) is 0 Å². The van der Waals surface area contributed by atoms with Crippen LogP contribution in [0.4, 0.5) is 15.8 Å². The first kappa shape index (κ1) is 16.7. The van der Waals surface area contributed by atoms with Crippen molar-refractivity contribution in [2.45, 2.75) is 12.8 Å². The smallest absolute Gasteiger partial charge is 0.240 e. The quantitative estimate of drug-likeness (QED) is 0.783. The molecule has 0 radical (unpaired) electrons. The molecule has 2 aromatic carbocycles. The van der Waals surface area contributed by atoms with Crippen molar-refractivity contribution in [2.24, 2.45) is 5.41 Å². The molecule has 0 saturated heterocycles. The van der Waals surface area contributed by atoms with Crippen LogP contribution in [0.3, 0.4) is 0 Å². The number of benzene rings is 2. The summed E-state index contributed by atoms with van der Waals surface area (Å²) in [7, 11) is 0. The maximum Gasteiger partial charge on any atom is 0.240 e. The molecule has 2 aromatic rings. The monoisotopic (exact) mass is 366 g/mol. The summed E-state index contributed by atoms with van der Waals surface area (Å²) in [6.07, 6.45) is 0.844. The maximum atomic E-state index is 13.2. The van der Waals surface area contributed by atoms with Crippen molar-refractivity contribution in [2.75, 3.05) is 10.6 Å². The molecule has 4 nitrogen and oxygen atoms in total. The Kier molecular flexibility index (Phi) is 4.47. The van der Waals surface area contributed by atoms with Crippen LogP contribution >= 0.6 is 23.2 Å². The Morgan fingerprint density at radius 3 is 2.33 bits per heavy atom. The first-order valence-electron chi connectivity index (χ1n) is 7.24. The van der Waals surface area contributed by atoms with E-state index in [4.69, 9.17) is 23.2 Å². The van der Waals surface area contributed by atoms with E-state index < -0.39 is 23.0 Å². The first-order valence-corrected chi connectivity index (χ1v) is 8.00. The lowest BCUT2D eigenvalue weighted by Gasteiger charge is -2.16. The predicted molar refractivity (Wildman–Crippen MR) is 91.8 cm³/mol. The summed E-state index contributed by atoms with van der Waals surface area (Å²) in [6.45, 7) is 0. The molecule has 2 N–H and O–H groups in total. The Labute approximate surface area is 148 Å². The molecule has 0 bridgehead atoms. The Morgan fingerprint density at radius 1 is 1.00 bits per heavy atom. The minimum Gasteiger partial charge on any atom is -0.325 e. The highest BCUT2D eigenvalue weighted by molar-refractivity contribution is 6.37. The van der Waals surface area contributed by atoms with E-state index in [-0.39, 0.29) is 5.02 Å². The van der Waals surface area contributed by atoms with Gasteiger partial charge in [-0.2, -0.15) is 0 Å². The number of hydrogen-bond acceptors (Lipinski definition) is 2. The lowest BCUT2D eigenvalue weighted by Crippen LogP contribution is -2.35. The zero-order valence-corrected chi connectivity index (χ0v) is 13.9. The molecule has 0 spiro atoms. The Morgan fingerprint density at radius 2 is 1.71 bits per heavy atom. The largest absolute Gasteiger partial charge is 0.325 e. The number of nitrogens with one attached hydrogen (secondary N) is 2. The SMILES string of the molecule is O=C(Nc1cccc(F)c1)C1(C(=O)Nc2ccc(Cl)cc2Cl)CC1. The van der Waals surface area contributed by atoms with Gasteiger partial charge in [-0.15, -0.1) is 0 Å². The van der Waals surface area contributed by atoms with Gasteiger partial charge in [0.05, 0.1) is 10.7 Å². The lowest BCUT2D eigenvalue weighted by molar-refractivity contribution is -0.131. The minimum absolute atomic E-state index is 0.289. The second-order valence-corrected chi connectivity index (χ2v) is 6.47. The molecular formula is C17H13Cl2FN2O2. The zero-order valence-electron chi connectivity index (χ0n) is 12.4. The Hall–Kier alpha value is -2.11. The van der Waals surface area contributed by atoms with E-state index in [2.05, 4.69) is 10.6 Å². The number of rotatable bonds is 4. The highest BCUT2D eigenvalue weighted by atomic mass is 35.5. The third-order valence-electron chi connectivity index (χ3n) is 3.88. The van der Waals surface area contributed by atoms with Crippen molar-refractivity contribution in [3.63, 3.8) is 0 Å². The zero-order chi connectivity index (χ0) is 17.3. The fraction of sp³-hybridized carbons (Fsp3) is 0.176. The molecule has 0 heterocycles. The van der Waals surface area contributed by atoms with Crippen LogP contribution in [-0.2, 0) is 9.59 Å². The van der Waals surface area contributed by atoms with Gasteiger partial charge in [-0.05, 0) is 49.2 Å². The van der Waals surface area contributed by atoms with Gasteiger partial charge in [0, 0.05) is 10.7 Å². The molecule has 1 saturated carbocycles. The molecule has 7 heteroatoms. The van der Waals surface area contributed by atoms with Crippen LogP contribution in [-0.4, -0.2) is 11.8 Å². The van der Waals surface area contributed by atoms with Crippen LogP contribution in [0.5, 0.6) is 0 Å². The van der Waals surface area contributed by atoms with Gasteiger partial charge in [0.1, 0.15) is 11.2 Å². The molecule has 0 unspecified atom stereocenters. The summed E-state index contributed by atoms with van der Waals surface area (Å²) in [5.41, 5.74) is -0.463. The van der Waals surface area contributed by atoms with Crippen molar-refractivity contribution in [3.8, 4) is 0 Å². The topological polar surface area (TPSA) is 58.2 Å². The molecule has 0 aliphatic heterocycles. The Bertz CT molecular complexity index is 822. The standard InChI is InChI=1S/C17H13Cl2FN2O2/c18-10-4-5-14(13(19)8-10)22-16(24)17(6-7-17)15(23)21-12-3-1-2-11(20)9-12/h1-5,8-9H,6-7H2,(H,21,23)(H,22,24). The van der Waals surface area contributed by atoms with Crippen molar-refractivity contribution in [1.29, 1.82) is 0 Å². The number of carbonyl (C=O) groups is 2. The predicted octanol–water partition coefficient (Wildman–Crippen LogP) is 4.49. The molecule has 3 rings (SSSR count). The van der Waals surface area contributed by atoms with Crippen molar-refractivity contribution in [1.82, 2.24) is 0 Å². The van der Waals surface area contributed by atoms with E-state index in [1.165, 1.54) is 24.3 Å². The number of hydrogen-bond donors (Lipinski definition) is 2. The maximum absolute atomic E-state index is 13.2. The van der Waals surface area contributed by atoms with Crippen LogP contribution in [0.1, 0.15) is 12.8 Å². The van der Waals surface area contributed by atoms with E-state index >= 15 is 0 Å². The average Bonchev–Trinajstić information content (AvgIpc) is 3.32. The summed E-state index contributed by atoms with van der Waals surface area (Å²) < 4.78 is 13.2. The Balaban J connectivity index is 1.73. The molecular weight excluding hydrogens is 354 g/mol. The normalized spacial score (nSPS) is 14.8. The molecule has 0 atom stereocenters. The van der Waals surface area contributed by atoms with Gasteiger partial charge >= 0.3 is 0 Å². The fourth-order valence-electron chi connectivity index (χ4n) is 2.33. The molecule has 0 aromatic heterocycles. The number of carbonyl (C=O) groups excluding carboxylic acids is 2. The van der Waals surface area contributed by atoms with Crippen LogP contribution in [0.2, 0.25) is 10.0 Å². The van der Waals surface area contributed by atoms with Gasteiger partial charge in [-0.3, -0.25) is 9.59 Å². The van der Waals surface area contributed by atoms with Crippen molar-refractivity contribution < 1.29 is 14.0 Å². The van der Waals surface area contributed by atoms with Crippen molar-refractivity contribution >= 4 is 46.4 Å². The third kappa shape index (κ3) is 3.37. The molecule has 1 fully saturated rings. The molecule has 124 valence electrons. The van der Waals surface area contributed by atoms with E-state index in [9.17, 15) is 14.0 Å². The van der Waals surface area contributed by atoms with E-state index in [1.807, 2.05) is 0 Å². The van der Waals surface area contributed by atoms with Gasteiger partial charge in [0.15, 0.2) is 0 Å². The van der Waals surface area contributed by atoms with Crippen LogP contribution in [0, 0.1) is 11.2 Å². The molecule has 1 aliphatic carbocycles. The highest BCUT2D eigenvalue weighted by Crippen LogP contribution is 2.47. The summed E-state index contributed by atoms with van der Waals surface area (Å²) in [6, 6.07) is 10.2. The van der Waals surface area contributed by atoms with E-state index in [1.54, 1.807) is 18.2 Å². The van der Waals surface area contributed by atoms with Crippen LogP contribution in [0.15, 0.2) is 42.5 Å². The van der Waals surface area contributed by atoms with Crippen LogP contribution < -0.4 is 10.6 Å². The third-order valence-corrected chi connectivity index (χ3v) is 4.43. The van der Waals surface area contributed by atoms with Crippen molar-refractivity contribution in [3.05, 3.63) is 58.3 Å². The summed E-state index contributed by atoms with van der Waals surface area (Å²) in [5.74, 6) is -1.37. The number of amides is 2. The summed E-state index contributed by atoms with van der Waals surface area (Å²) in [5, 5.41) is 5.97. The summed E-state index contributed by atoms with van der Waals surface area (Å²) >= 11 is 11.8. The van der Waals surface area contributed by atoms with Gasteiger partial charge in [0.2, 0.25) is 11.8 Å². The first-order chi connectivity index (χ1) is 11.4. The number of halogens is 3. The average molecular weight is 367 g/mol. The van der Waals surface area contributed by atoms with Gasteiger partial charge in [-0.1, -0.05) is 29.3 Å². The van der Waals surface area contributed by atoms with E-state index in [0.717, 1.165) is 0 Å². The van der Waals surface area contributed by atoms with E-state index in [0.29, 0.717) is 29.2 Å². The fourth-order valence-corrected chi connectivity index (χ4v) is 2.79. The summed E-state index contributed by atoms with van der Waals surface area (Å²) in [4.78, 5) is 24.9. The number of anilines is 2. The second-order valence-electron chi connectivity index (χ2n) is 5.62.